The molecule has 0 radical (unpaired) electrons. The average molecular weight is 467 g/mol. The number of aliphatic hydroxyl groups excluding tert-OH is 1. The van der Waals surface area contributed by atoms with Gasteiger partial charge in [0, 0.05) is 44.6 Å². The molecule has 3 N–H and O–H groups in total. The molecule has 4 atom stereocenters. The molecular weight excluding hydrogens is 440 g/mol. The van der Waals surface area contributed by atoms with Crippen LogP contribution >= 0.6 is 0 Å². The van der Waals surface area contributed by atoms with Gasteiger partial charge in [0.05, 0.1) is 18.3 Å². The Labute approximate surface area is 185 Å². The van der Waals surface area contributed by atoms with Crippen LogP contribution in [0.3, 0.4) is 0 Å². The minimum atomic E-state index is -3.93. The minimum absolute atomic E-state index is 0.220. The van der Waals surface area contributed by atoms with E-state index in [1.165, 1.54) is 19.6 Å². The van der Waals surface area contributed by atoms with E-state index in [4.69, 9.17) is 8.92 Å². The van der Waals surface area contributed by atoms with E-state index in [1.807, 2.05) is 0 Å². The summed E-state index contributed by atoms with van der Waals surface area (Å²) in [5, 5.41) is 17.7. The number of nitrogens with one attached hydrogen (secondary N) is 2. The molecule has 4 rings (SSSR count). The van der Waals surface area contributed by atoms with E-state index in [0.717, 1.165) is 13.0 Å². The van der Waals surface area contributed by atoms with Crippen LogP contribution in [0.25, 0.3) is 0 Å². The van der Waals surface area contributed by atoms with E-state index < -0.39 is 22.5 Å². The van der Waals surface area contributed by atoms with Crippen molar-refractivity contribution >= 4 is 21.9 Å². The largest absolute Gasteiger partial charge is 0.390 e. The fourth-order valence-corrected chi connectivity index (χ4v) is 4.56. The van der Waals surface area contributed by atoms with Crippen LogP contribution in [0.5, 0.6) is 0 Å². The second kappa shape index (κ2) is 9.58. The number of aliphatic hydroxyl groups is 1. The molecule has 3 heterocycles. The van der Waals surface area contributed by atoms with E-state index in [-0.39, 0.29) is 41.7 Å². The van der Waals surface area contributed by atoms with Crippen molar-refractivity contribution in [2.24, 2.45) is 5.92 Å². The number of ether oxygens (including phenoxy) is 1. The van der Waals surface area contributed by atoms with Crippen molar-refractivity contribution in [2.45, 2.75) is 44.1 Å². The molecule has 2 aromatic heterocycles. The van der Waals surface area contributed by atoms with Gasteiger partial charge in [-0.15, -0.1) is 0 Å². The number of aromatic nitrogens is 4. The van der Waals surface area contributed by atoms with Crippen LogP contribution in [0.15, 0.2) is 24.8 Å². The number of anilines is 1. The Morgan fingerprint density at radius 2 is 2.25 bits per heavy atom. The fourth-order valence-electron chi connectivity index (χ4n) is 3.93. The summed E-state index contributed by atoms with van der Waals surface area (Å²) in [5.74, 6) is 0.336. The lowest BCUT2D eigenvalue weighted by atomic mass is 10.1. The Kier molecular flexibility index (Phi) is 6.81. The first-order valence-electron chi connectivity index (χ1n) is 10.4. The number of rotatable bonds is 9. The van der Waals surface area contributed by atoms with Crippen molar-refractivity contribution in [1.29, 1.82) is 0 Å². The Hall–Kier alpha value is -2.45. The lowest BCUT2D eigenvalue weighted by molar-refractivity contribution is 0.0636. The van der Waals surface area contributed by atoms with Gasteiger partial charge in [0.15, 0.2) is 0 Å². The SMILES string of the molecule is CNS(=O)(=O)O[C@@H]1C[C@H](Nc2ncncc2C(=O)c2ccn(C[C@@H]3CCOC3)n2)C[C@@H]1O. The number of hydrogen-bond donors (Lipinski definition) is 3. The van der Waals surface area contributed by atoms with Gasteiger partial charge >= 0.3 is 10.3 Å². The lowest BCUT2D eigenvalue weighted by Crippen LogP contribution is -2.31. The molecule has 0 unspecified atom stereocenters. The van der Waals surface area contributed by atoms with Gasteiger partial charge in [-0.05, 0) is 25.3 Å². The zero-order valence-electron chi connectivity index (χ0n) is 17.5. The highest BCUT2D eigenvalue weighted by atomic mass is 32.2. The second-order valence-electron chi connectivity index (χ2n) is 7.94. The van der Waals surface area contributed by atoms with Crippen LogP contribution < -0.4 is 10.0 Å². The molecule has 32 heavy (non-hydrogen) atoms. The number of ketones is 1. The third kappa shape index (κ3) is 5.30. The topological polar surface area (TPSA) is 158 Å². The smallest absolute Gasteiger partial charge is 0.335 e. The third-order valence-electron chi connectivity index (χ3n) is 5.61. The maximum atomic E-state index is 13.1. The number of carbonyl (C=O) groups is 1. The first kappa shape index (κ1) is 22.7. The quantitative estimate of drug-likeness (QED) is 0.420. The molecule has 2 aliphatic rings. The zero-order chi connectivity index (χ0) is 22.7. The molecule has 0 bridgehead atoms. The Bertz CT molecular complexity index is 1050. The standard InChI is InChI=1S/C19H26N6O6S/c1-20-32(28,29)31-17-7-13(6-16(17)26)23-19-14(8-21-11-22-19)18(27)15-2-4-25(24-15)9-12-3-5-30-10-12/h2,4,8,11-13,16-17,20,26H,3,5-7,9-10H2,1H3,(H,21,22,23)/t12-,13+,16-,17+/m0/s1. The van der Waals surface area contributed by atoms with Crippen LogP contribution in [-0.2, 0) is 25.8 Å². The van der Waals surface area contributed by atoms with Crippen molar-refractivity contribution in [2.75, 3.05) is 25.6 Å². The van der Waals surface area contributed by atoms with Crippen LogP contribution in [0.1, 0.15) is 35.3 Å². The molecule has 1 aliphatic heterocycles. The molecule has 0 aromatic carbocycles. The summed E-state index contributed by atoms with van der Waals surface area (Å²) in [6, 6.07) is 1.31. The average Bonchev–Trinajstić information content (AvgIpc) is 3.51. The number of carbonyl (C=O) groups excluding carboxylic acids is 1. The molecule has 0 amide bonds. The minimum Gasteiger partial charge on any atom is -0.390 e. The summed E-state index contributed by atoms with van der Waals surface area (Å²) >= 11 is 0. The molecular formula is C19H26N6O6S. The van der Waals surface area contributed by atoms with Gasteiger partial charge in [-0.1, -0.05) is 0 Å². The molecule has 1 saturated heterocycles. The van der Waals surface area contributed by atoms with Gasteiger partial charge in [-0.2, -0.15) is 18.2 Å². The molecule has 174 valence electrons. The van der Waals surface area contributed by atoms with Gasteiger partial charge in [0.25, 0.3) is 0 Å². The highest BCUT2D eigenvalue weighted by Crippen LogP contribution is 2.28. The summed E-state index contributed by atoms with van der Waals surface area (Å²) < 4.78 is 37.4. The van der Waals surface area contributed by atoms with Gasteiger partial charge < -0.3 is 15.2 Å². The van der Waals surface area contributed by atoms with Gasteiger partial charge in [0.1, 0.15) is 23.9 Å². The van der Waals surface area contributed by atoms with E-state index in [2.05, 4.69) is 25.1 Å². The highest BCUT2D eigenvalue weighted by Gasteiger charge is 2.37. The second-order valence-corrected chi connectivity index (χ2v) is 9.45. The Morgan fingerprint density at radius 3 is 3.00 bits per heavy atom. The van der Waals surface area contributed by atoms with Crippen molar-refractivity contribution < 1.29 is 27.2 Å². The zero-order valence-corrected chi connectivity index (χ0v) is 18.4. The fraction of sp³-hybridized carbons (Fsp3) is 0.579. The van der Waals surface area contributed by atoms with E-state index in [1.54, 1.807) is 16.9 Å². The monoisotopic (exact) mass is 466 g/mol. The normalized spacial score (nSPS) is 25.8. The molecule has 1 saturated carbocycles. The first-order chi connectivity index (χ1) is 15.3. The maximum Gasteiger partial charge on any atom is 0.335 e. The van der Waals surface area contributed by atoms with Gasteiger partial charge in [-0.3, -0.25) is 13.7 Å². The first-order valence-corrected chi connectivity index (χ1v) is 11.8. The molecule has 13 heteroatoms. The predicted molar refractivity (Wildman–Crippen MR) is 112 cm³/mol. The summed E-state index contributed by atoms with van der Waals surface area (Å²) in [5.41, 5.74) is 0.512. The molecule has 0 spiro atoms. The number of hydrogen-bond acceptors (Lipinski definition) is 10. The Balaban J connectivity index is 1.44. The van der Waals surface area contributed by atoms with E-state index in [0.29, 0.717) is 19.1 Å². The third-order valence-corrected chi connectivity index (χ3v) is 6.61. The summed E-state index contributed by atoms with van der Waals surface area (Å²) in [6.45, 7) is 2.12. The van der Waals surface area contributed by atoms with E-state index >= 15 is 0 Å². The molecule has 2 aromatic rings. The van der Waals surface area contributed by atoms with Crippen LogP contribution in [-0.4, -0.2) is 77.6 Å². The van der Waals surface area contributed by atoms with Crippen LogP contribution in [0, 0.1) is 5.92 Å². The van der Waals surface area contributed by atoms with Gasteiger partial charge in [0.2, 0.25) is 5.78 Å². The summed E-state index contributed by atoms with van der Waals surface area (Å²) in [4.78, 5) is 21.2. The molecule has 2 fully saturated rings. The van der Waals surface area contributed by atoms with Crippen molar-refractivity contribution in [1.82, 2.24) is 24.5 Å². The molecule has 1 aliphatic carbocycles. The van der Waals surface area contributed by atoms with Crippen molar-refractivity contribution in [3.05, 3.63) is 36.0 Å². The van der Waals surface area contributed by atoms with Crippen LogP contribution in [0.4, 0.5) is 5.82 Å². The van der Waals surface area contributed by atoms with E-state index in [9.17, 15) is 18.3 Å². The summed E-state index contributed by atoms with van der Waals surface area (Å²) in [7, 11) is -2.70. The lowest BCUT2D eigenvalue weighted by Gasteiger charge is -2.15. The van der Waals surface area contributed by atoms with Crippen molar-refractivity contribution in [3.63, 3.8) is 0 Å². The van der Waals surface area contributed by atoms with Crippen LogP contribution in [0.2, 0.25) is 0 Å². The maximum absolute atomic E-state index is 13.1. The highest BCUT2D eigenvalue weighted by molar-refractivity contribution is 7.84. The molecule has 12 nitrogen and oxygen atoms in total. The van der Waals surface area contributed by atoms with Crippen molar-refractivity contribution in [3.8, 4) is 0 Å². The van der Waals surface area contributed by atoms with Gasteiger partial charge in [-0.25, -0.2) is 9.97 Å². The Morgan fingerprint density at radius 1 is 1.41 bits per heavy atom. The predicted octanol–water partition coefficient (Wildman–Crippen LogP) is -0.275. The summed E-state index contributed by atoms with van der Waals surface area (Å²) in [6.07, 6.45) is 4.02. The number of nitrogens with zero attached hydrogens (tertiary/aromatic N) is 4.